The SMILES string of the molecule is NS(=O)(=O)c1ccc(CCNC(=O)CN2CCCSc3ccccc32)cc1. The van der Waals surface area contributed by atoms with E-state index in [4.69, 9.17) is 5.14 Å². The van der Waals surface area contributed by atoms with Gasteiger partial charge in [-0.2, -0.15) is 0 Å². The second-order valence-electron chi connectivity index (χ2n) is 6.38. The van der Waals surface area contributed by atoms with Gasteiger partial charge in [-0.05, 0) is 48.4 Å². The number of nitrogens with zero attached hydrogens (tertiary/aromatic N) is 1. The van der Waals surface area contributed by atoms with Crippen molar-refractivity contribution in [2.75, 3.05) is 30.3 Å². The summed E-state index contributed by atoms with van der Waals surface area (Å²) in [6.07, 6.45) is 1.67. The van der Waals surface area contributed by atoms with E-state index in [1.807, 2.05) is 23.9 Å². The molecule has 6 nitrogen and oxygen atoms in total. The van der Waals surface area contributed by atoms with Crippen LogP contribution in [0.4, 0.5) is 5.69 Å². The first-order valence-corrected chi connectivity index (χ1v) is 11.3. The molecule has 0 aliphatic carbocycles. The van der Waals surface area contributed by atoms with Crippen LogP contribution in [0.3, 0.4) is 0 Å². The highest BCUT2D eigenvalue weighted by atomic mass is 32.2. The molecule has 1 aliphatic heterocycles. The highest BCUT2D eigenvalue weighted by Gasteiger charge is 2.17. The first-order valence-electron chi connectivity index (χ1n) is 8.79. The monoisotopic (exact) mass is 405 g/mol. The van der Waals surface area contributed by atoms with Crippen LogP contribution in [0.5, 0.6) is 0 Å². The topological polar surface area (TPSA) is 92.5 Å². The van der Waals surface area contributed by atoms with Crippen molar-refractivity contribution in [2.45, 2.75) is 22.6 Å². The van der Waals surface area contributed by atoms with Gasteiger partial charge in [0.2, 0.25) is 15.9 Å². The predicted octanol–water partition coefficient (Wildman–Crippen LogP) is 2.00. The van der Waals surface area contributed by atoms with Crippen molar-refractivity contribution < 1.29 is 13.2 Å². The lowest BCUT2D eigenvalue weighted by molar-refractivity contribution is -0.119. The number of nitrogens with two attached hydrogens (primary N) is 1. The van der Waals surface area contributed by atoms with Crippen molar-refractivity contribution in [1.82, 2.24) is 5.32 Å². The summed E-state index contributed by atoms with van der Waals surface area (Å²) >= 11 is 1.83. The number of amides is 1. The van der Waals surface area contributed by atoms with Gasteiger partial charge in [0.1, 0.15) is 0 Å². The van der Waals surface area contributed by atoms with Crippen LogP contribution in [0.1, 0.15) is 12.0 Å². The van der Waals surface area contributed by atoms with E-state index in [1.165, 1.54) is 17.0 Å². The number of hydrogen-bond acceptors (Lipinski definition) is 5. The quantitative estimate of drug-likeness (QED) is 0.767. The van der Waals surface area contributed by atoms with Gasteiger partial charge >= 0.3 is 0 Å². The number of para-hydroxylation sites is 1. The molecule has 1 aliphatic rings. The average molecular weight is 406 g/mol. The molecule has 144 valence electrons. The van der Waals surface area contributed by atoms with Crippen LogP contribution >= 0.6 is 11.8 Å². The number of fused-ring (bicyclic) bond motifs is 1. The summed E-state index contributed by atoms with van der Waals surface area (Å²) in [4.78, 5) is 15.8. The number of benzene rings is 2. The average Bonchev–Trinajstić information content (AvgIpc) is 2.84. The van der Waals surface area contributed by atoms with Gasteiger partial charge in [0, 0.05) is 18.0 Å². The normalized spacial score (nSPS) is 14.3. The van der Waals surface area contributed by atoms with Crippen LogP contribution in [0.15, 0.2) is 58.3 Å². The number of primary sulfonamides is 1. The van der Waals surface area contributed by atoms with Gasteiger partial charge in [0.05, 0.1) is 17.1 Å². The summed E-state index contributed by atoms with van der Waals surface area (Å²) in [6, 6.07) is 14.6. The Labute approximate surface area is 164 Å². The Morgan fingerprint density at radius 2 is 1.89 bits per heavy atom. The zero-order valence-corrected chi connectivity index (χ0v) is 16.6. The summed E-state index contributed by atoms with van der Waals surface area (Å²) in [5.74, 6) is 1.04. The maximum Gasteiger partial charge on any atom is 0.239 e. The van der Waals surface area contributed by atoms with Gasteiger partial charge in [-0.15, -0.1) is 11.8 Å². The Bertz CT molecular complexity index is 899. The van der Waals surface area contributed by atoms with Crippen molar-refractivity contribution in [2.24, 2.45) is 5.14 Å². The van der Waals surface area contributed by atoms with E-state index in [2.05, 4.69) is 22.3 Å². The molecule has 2 aromatic carbocycles. The predicted molar refractivity (Wildman–Crippen MR) is 109 cm³/mol. The third-order valence-corrected chi connectivity index (χ3v) is 6.44. The van der Waals surface area contributed by atoms with Crippen LogP contribution < -0.4 is 15.4 Å². The maximum absolute atomic E-state index is 12.4. The Morgan fingerprint density at radius 3 is 2.63 bits per heavy atom. The van der Waals surface area contributed by atoms with Crippen molar-refractivity contribution in [3.05, 3.63) is 54.1 Å². The van der Waals surface area contributed by atoms with Crippen LogP contribution in [0.2, 0.25) is 0 Å². The van der Waals surface area contributed by atoms with Crippen LogP contribution in [-0.2, 0) is 21.2 Å². The number of thioether (sulfide) groups is 1. The molecule has 8 heteroatoms. The second-order valence-corrected chi connectivity index (χ2v) is 9.08. The Morgan fingerprint density at radius 1 is 1.15 bits per heavy atom. The van der Waals surface area contributed by atoms with Crippen molar-refractivity contribution in [3.8, 4) is 0 Å². The van der Waals surface area contributed by atoms with E-state index < -0.39 is 10.0 Å². The lowest BCUT2D eigenvalue weighted by Crippen LogP contribution is -2.38. The molecular formula is C19H23N3O3S2. The minimum absolute atomic E-state index is 0.0159. The summed E-state index contributed by atoms with van der Waals surface area (Å²) < 4.78 is 22.5. The summed E-state index contributed by atoms with van der Waals surface area (Å²) in [7, 11) is -3.67. The van der Waals surface area contributed by atoms with E-state index in [0.29, 0.717) is 19.5 Å². The third-order valence-electron chi connectivity index (χ3n) is 4.36. The van der Waals surface area contributed by atoms with Gasteiger partial charge < -0.3 is 10.2 Å². The zero-order chi connectivity index (χ0) is 19.3. The molecule has 27 heavy (non-hydrogen) atoms. The standard InChI is InChI=1S/C19H23N3O3S2/c20-27(24,25)16-8-6-15(7-9-16)10-11-21-19(23)14-22-12-3-13-26-18-5-2-1-4-17(18)22/h1-2,4-9H,3,10-14H2,(H,21,23)(H2,20,24,25). The molecule has 0 radical (unpaired) electrons. The fourth-order valence-electron chi connectivity index (χ4n) is 2.98. The van der Waals surface area contributed by atoms with Gasteiger partial charge in [-0.3, -0.25) is 4.79 Å². The lowest BCUT2D eigenvalue weighted by Gasteiger charge is -2.23. The van der Waals surface area contributed by atoms with E-state index in [-0.39, 0.29) is 10.8 Å². The number of carbonyl (C=O) groups excluding carboxylic acids is 1. The zero-order valence-electron chi connectivity index (χ0n) is 14.9. The molecule has 1 amide bonds. The highest BCUT2D eigenvalue weighted by Crippen LogP contribution is 2.33. The number of carbonyl (C=O) groups is 1. The summed E-state index contributed by atoms with van der Waals surface area (Å²) in [5, 5.41) is 8.03. The fraction of sp³-hybridized carbons (Fsp3) is 0.316. The molecule has 0 saturated carbocycles. The van der Waals surface area contributed by atoms with Gasteiger partial charge in [-0.1, -0.05) is 24.3 Å². The summed E-state index contributed by atoms with van der Waals surface area (Å²) in [5.41, 5.74) is 2.06. The molecule has 0 aromatic heterocycles. The van der Waals surface area contributed by atoms with E-state index >= 15 is 0 Å². The highest BCUT2D eigenvalue weighted by molar-refractivity contribution is 7.99. The minimum Gasteiger partial charge on any atom is -0.361 e. The Kier molecular flexibility index (Phi) is 6.41. The molecular weight excluding hydrogens is 382 g/mol. The molecule has 0 unspecified atom stereocenters. The molecule has 1 heterocycles. The molecule has 0 fully saturated rings. The minimum atomic E-state index is -3.67. The molecule has 2 aromatic rings. The molecule has 0 spiro atoms. The first kappa shape index (κ1) is 19.7. The van der Waals surface area contributed by atoms with Crippen LogP contribution in [0.25, 0.3) is 0 Å². The van der Waals surface area contributed by atoms with Gasteiger partial charge in [-0.25, -0.2) is 13.6 Å². The molecule has 3 rings (SSSR count). The van der Waals surface area contributed by atoms with Gasteiger partial charge in [0.15, 0.2) is 0 Å². The van der Waals surface area contributed by atoms with Crippen molar-refractivity contribution in [1.29, 1.82) is 0 Å². The third kappa shape index (κ3) is 5.47. The first-order chi connectivity index (χ1) is 12.9. The van der Waals surface area contributed by atoms with Crippen LogP contribution in [0, 0.1) is 0 Å². The molecule has 0 bridgehead atoms. The fourth-order valence-corrected chi connectivity index (χ4v) is 4.51. The smallest absolute Gasteiger partial charge is 0.239 e. The number of nitrogens with one attached hydrogen (secondary N) is 1. The number of rotatable bonds is 6. The van der Waals surface area contributed by atoms with Crippen molar-refractivity contribution in [3.63, 3.8) is 0 Å². The van der Waals surface area contributed by atoms with Crippen LogP contribution in [-0.4, -0.2) is 39.7 Å². The largest absolute Gasteiger partial charge is 0.361 e. The molecule has 0 saturated heterocycles. The number of anilines is 1. The van der Waals surface area contributed by atoms with E-state index in [0.717, 1.165) is 30.0 Å². The number of hydrogen-bond donors (Lipinski definition) is 2. The van der Waals surface area contributed by atoms with Gasteiger partial charge in [0.25, 0.3) is 0 Å². The second kappa shape index (κ2) is 8.77. The maximum atomic E-state index is 12.4. The van der Waals surface area contributed by atoms with Crippen molar-refractivity contribution >= 4 is 33.4 Å². The Balaban J connectivity index is 1.51. The molecule has 0 atom stereocenters. The number of sulfonamides is 1. The van der Waals surface area contributed by atoms with E-state index in [1.54, 1.807) is 12.1 Å². The Hall–Kier alpha value is -2.03. The molecule has 3 N–H and O–H groups in total. The van der Waals surface area contributed by atoms with E-state index in [9.17, 15) is 13.2 Å². The summed E-state index contributed by atoms with van der Waals surface area (Å²) in [6.45, 7) is 1.70. The lowest BCUT2D eigenvalue weighted by atomic mass is 10.1.